The summed E-state index contributed by atoms with van der Waals surface area (Å²) >= 11 is 0. The normalized spacial score (nSPS) is 13.1. The lowest BCUT2D eigenvalue weighted by Gasteiger charge is -2.18. The van der Waals surface area contributed by atoms with E-state index in [0.29, 0.717) is 19.3 Å². The van der Waals surface area contributed by atoms with Crippen LogP contribution in [0.4, 0.5) is 0 Å². The standard InChI is InChI=1S/C68H110O6/c1-4-7-10-13-16-19-22-25-28-31-34-37-40-43-46-49-52-55-58-61-67(70)73-64-65(63-72-66(69)60-57-54-51-48-45-42-39-36-33-30-27-24-21-18-15-12-9-6-3)74-68(71)62-59-56-53-50-47-44-41-38-35-32-29-26-23-20-17-14-11-8-5-2/h7-8,10-11,16-17,19-21,24-26,28-30,33-35,37-38,43,46,65H,4-6,9,12-15,18,22-23,27,31-32,36,39-42,44-45,47-64H2,1-3H3/b10-7-,11-8-,19-16-,20-17-,24-21-,28-25-,29-26-,33-30-,37-34-,38-35-,46-43-. The van der Waals surface area contributed by atoms with Gasteiger partial charge in [0.05, 0.1) is 0 Å². The Morgan fingerprint density at radius 2 is 0.527 bits per heavy atom. The second-order valence-corrected chi connectivity index (χ2v) is 19.5. The Kier molecular flexibility index (Phi) is 57.4. The summed E-state index contributed by atoms with van der Waals surface area (Å²) in [5.41, 5.74) is 0. The van der Waals surface area contributed by atoms with Crippen molar-refractivity contribution in [2.45, 2.75) is 264 Å². The monoisotopic (exact) mass is 1020 g/mol. The summed E-state index contributed by atoms with van der Waals surface area (Å²) in [7, 11) is 0. The first kappa shape index (κ1) is 69.5. The maximum atomic E-state index is 12.9. The van der Waals surface area contributed by atoms with Gasteiger partial charge < -0.3 is 14.2 Å². The fourth-order valence-electron chi connectivity index (χ4n) is 7.90. The van der Waals surface area contributed by atoms with E-state index in [4.69, 9.17) is 14.2 Å². The topological polar surface area (TPSA) is 78.9 Å². The smallest absolute Gasteiger partial charge is 0.306 e. The Balaban J connectivity index is 4.52. The molecular weight excluding hydrogens is 913 g/mol. The minimum atomic E-state index is -0.810. The average Bonchev–Trinajstić information content (AvgIpc) is 3.40. The second-order valence-electron chi connectivity index (χ2n) is 19.5. The largest absolute Gasteiger partial charge is 0.462 e. The summed E-state index contributed by atoms with van der Waals surface area (Å²) in [6.45, 7) is 6.35. The van der Waals surface area contributed by atoms with Crippen molar-refractivity contribution < 1.29 is 28.6 Å². The van der Waals surface area contributed by atoms with Gasteiger partial charge in [0, 0.05) is 19.3 Å². The van der Waals surface area contributed by atoms with Gasteiger partial charge in [-0.05, 0) is 135 Å². The minimum absolute atomic E-state index is 0.103. The predicted octanol–water partition coefficient (Wildman–Crippen LogP) is 20.6. The number of carbonyl (C=O) groups is 3. The van der Waals surface area contributed by atoms with Crippen LogP contribution >= 0.6 is 0 Å². The highest BCUT2D eigenvalue weighted by atomic mass is 16.6. The lowest BCUT2D eigenvalue weighted by molar-refractivity contribution is -0.167. The fourth-order valence-corrected chi connectivity index (χ4v) is 7.90. The molecule has 0 radical (unpaired) electrons. The maximum absolute atomic E-state index is 12.9. The van der Waals surface area contributed by atoms with Gasteiger partial charge in [-0.25, -0.2) is 0 Å². The van der Waals surface area contributed by atoms with Crippen molar-refractivity contribution in [3.63, 3.8) is 0 Å². The molecule has 0 saturated carbocycles. The Morgan fingerprint density at radius 3 is 0.838 bits per heavy atom. The number of ether oxygens (including phenoxy) is 3. The molecule has 0 aromatic heterocycles. The van der Waals surface area contributed by atoms with E-state index in [2.05, 4.69) is 154 Å². The van der Waals surface area contributed by atoms with Crippen LogP contribution in [-0.2, 0) is 28.6 Å². The van der Waals surface area contributed by atoms with Crippen LogP contribution in [-0.4, -0.2) is 37.2 Å². The third-order valence-corrected chi connectivity index (χ3v) is 12.4. The molecule has 0 aliphatic heterocycles. The van der Waals surface area contributed by atoms with Crippen LogP contribution in [0.25, 0.3) is 0 Å². The molecule has 6 heteroatoms. The SMILES string of the molecule is CC/C=C\C/C=C\C/C=C\C/C=C\C/C=C\CCCCCC(=O)OCC(COC(=O)CCCCCCCCC/C=C\C/C=C\CCCCCC)OC(=O)CCCCCCCC/C=C\C/C=C\C/C=C\C/C=C\CC. The van der Waals surface area contributed by atoms with Crippen LogP contribution in [0.15, 0.2) is 134 Å². The molecule has 0 saturated heterocycles. The van der Waals surface area contributed by atoms with E-state index < -0.39 is 6.10 Å². The Hall–Kier alpha value is -4.45. The van der Waals surface area contributed by atoms with E-state index in [1.807, 2.05) is 0 Å². The van der Waals surface area contributed by atoms with Crippen LogP contribution in [0.5, 0.6) is 0 Å². The Labute approximate surface area is 455 Å². The summed E-state index contributed by atoms with van der Waals surface area (Å²) in [6, 6.07) is 0. The zero-order valence-corrected chi connectivity index (χ0v) is 47.8. The van der Waals surface area contributed by atoms with Gasteiger partial charge in [0.2, 0.25) is 0 Å². The summed E-state index contributed by atoms with van der Waals surface area (Å²) in [5.74, 6) is -0.958. The molecule has 0 fully saturated rings. The number of hydrogen-bond acceptors (Lipinski definition) is 6. The molecule has 0 bridgehead atoms. The third kappa shape index (κ3) is 58.4. The molecule has 0 amide bonds. The van der Waals surface area contributed by atoms with E-state index in [1.165, 1.54) is 70.6 Å². The zero-order chi connectivity index (χ0) is 53.6. The molecule has 0 rings (SSSR count). The molecule has 0 aliphatic carbocycles. The van der Waals surface area contributed by atoms with Gasteiger partial charge in [-0.15, -0.1) is 0 Å². The number of hydrogen-bond donors (Lipinski definition) is 0. The van der Waals surface area contributed by atoms with Gasteiger partial charge in [0.1, 0.15) is 13.2 Å². The molecule has 0 aliphatic rings. The van der Waals surface area contributed by atoms with Crippen molar-refractivity contribution in [3.8, 4) is 0 Å². The van der Waals surface area contributed by atoms with Crippen LogP contribution in [0, 0.1) is 0 Å². The molecule has 0 heterocycles. The van der Waals surface area contributed by atoms with E-state index in [0.717, 1.165) is 148 Å². The summed E-state index contributed by atoms with van der Waals surface area (Å²) in [4.78, 5) is 38.3. The van der Waals surface area contributed by atoms with Crippen molar-refractivity contribution in [2.24, 2.45) is 0 Å². The number of unbranched alkanes of at least 4 members (excludes halogenated alkanes) is 20. The highest BCUT2D eigenvalue weighted by molar-refractivity contribution is 5.71. The van der Waals surface area contributed by atoms with E-state index in [-0.39, 0.29) is 31.1 Å². The van der Waals surface area contributed by atoms with Crippen LogP contribution in [0.3, 0.4) is 0 Å². The quantitative estimate of drug-likeness (QED) is 0.0261. The van der Waals surface area contributed by atoms with Gasteiger partial charge >= 0.3 is 17.9 Å². The van der Waals surface area contributed by atoms with Gasteiger partial charge in [0.25, 0.3) is 0 Å². The number of esters is 3. The van der Waals surface area contributed by atoms with Crippen LogP contribution in [0.1, 0.15) is 258 Å². The highest BCUT2D eigenvalue weighted by Crippen LogP contribution is 2.14. The van der Waals surface area contributed by atoms with E-state index in [1.54, 1.807) is 0 Å². The molecule has 0 N–H and O–H groups in total. The Morgan fingerprint density at radius 1 is 0.284 bits per heavy atom. The molecule has 0 spiro atoms. The number of rotatable bonds is 53. The van der Waals surface area contributed by atoms with Gasteiger partial charge in [-0.3, -0.25) is 14.4 Å². The Bertz CT molecular complexity index is 1600. The van der Waals surface area contributed by atoms with E-state index >= 15 is 0 Å². The van der Waals surface area contributed by atoms with Crippen molar-refractivity contribution in [1.29, 1.82) is 0 Å². The molecule has 74 heavy (non-hydrogen) atoms. The first-order valence-corrected chi connectivity index (χ1v) is 30.2. The van der Waals surface area contributed by atoms with Gasteiger partial charge in [-0.1, -0.05) is 238 Å². The summed E-state index contributed by atoms with van der Waals surface area (Å²) in [6.07, 6.45) is 85.8. The molecule has 0 aromatic carbocycles. The minimum Gasteiger partial charge on any atom is -0.462 e. The average molecular weight is 1020 g/mol. The van der Waals surface area contributed by atoms with Crippen molar-refractivity contribution in [1.82, 2.24) is 0 Å². The number of allylic oxidation sites excluding steroid dienone is 22. The second kappa shape index (κ2) is 61.1. The van der Waals surface area contributed by atoms with Gasteiger partial charge in [0.15, 0.2) is 6.10 Å². The molecule has 1 atom stereocenters. The van der Waals surface area contributed by atoms with Gasteiger partial charge in [-0.2, -0.15) is 0 Å². The molecule has 0 aromatic rings. The lowest BCUT2D eigenvalue weighted by Crippen LogP contribution is -2.30. The van der Waals surface area contributed by atoms with Crippen molar-refractivity contribution in [3.05, 3.63) is 134 Å². The highest BCUT2D eigenvalue weighted by Gasteiger charge is 2.19. The molecule has 6 nitrogen and oxygen atoms in total. The summed E-state index contributed by atoms with van der Waals surface area (Å²) < 4.78 is 16.9. The molecular formula is C68H110O6. The van der Waals surface area contributed by atoms with Crippen molar-refractivity contribution >= 4 is 17.9 Å². The number of carbonyl (C=O) groups excluding carboxylic acids is 3. The summed E-state index contributed by atoms with van der Waals surface area (Å²) in [5, 5.41) is 0. The van der Waals surface area contributed by atoms with Crippen LogP contribution < -0.4 is 0 Å². The molecule has 418 valence electrons. The third-order valence-electron chi connectivity index (χ3n) is 12.4. The van der Waals surface area contributed by atoms with Crippen molar-refractivity contribution in [2.75, 3.05) is 13.2 Å². The zero-order valence-electron chi connectivity index (χ0n) is 47.8. The van der Waals surface area contributed by atoms with Crippen LogP contribution in [0.2, 0.25) is 0 Å². The fraction of sp³-hybridized carbons (Fsp3) is 0.632. The maximum Gasteiger partial charge on any atom is 0.306 e. The first-order valence-electron chi connectivity index (χ1n) is 30.2. The lowest BCUT2D eigenvalue weighted by atomic mass is 10.1. The molecule has 1 unspecified atom stereocenters. The first-order chi connectivity index (χ1) is 36.5. The predicted molar refractivity (Wildman–Crippen MR) is 320 cm³/mol. The van der Waals surface area contributed by atoms with E-state index in [9.17, 15) is 14.4 Å².